The van der Waals surface area contributed by atoms with E-state index < -0.39 is 21.9 Å². The maximum atomic E-state index is 13.6. The van der Waals surface area contributed by atoms with E-state index in [1.165, 1.54) is 0 Å². The number of hydrogen-bond donors (Lipinski definition) is 2. The Hall–Kier alpha value is -1.67. The van der Waals surface area contributed by atoms with E-state index in [1.54, 1.807) is 4.90 Å². The second-order valence-corrected chi connectivity index (χ2v) is 6.23. The predicted octanol–water partition coefficient (Wildman–Crippen LogP) is 1.49. The van der Waals surface area contributed by atoms with E-state index in [9.17, 15) is 17.6 Å². The Labute approximate surface area is 116 Å². The van der Waals surface area contributed by atoms with Crippen LogP contribution >= 0.6 is 0 Å². The van der Waals surface area contributed by atoms with Gasteiger partial charge in [0.05, 0.1) is 10.6 Å². The molecular weight excluding hydrogens is 285 g/mol. The average molecular weight is 301 g/mol. The van der Waals surface area contributed by atoms with Gasteiger partial charge in [-0.2, -0.15) is 0 Å². The molecule has 0 aliphatic carbocycles. The minimum atomic E-state index is -3.93. The number of anilines is 1. The third-order valence-corrected chi connectivity index (χ3v) is 4.06. The number of likely N-dealkylation sites (tertiary alicyclic amines) is 1. The lowest BCUT2D eigenvalue weighted by Crippen LogP contribution is -2.38. The van der Waals surface area contributed by atoms with Gasteiger partial charge in [0.25, 0.3) is 0 Å². The van der Waals surface area contributed by atoms with Crippen LogP contribution in [-0.4, -0.2) is 32.4 Å². The minimum Gasteiger partial charge on any atom is -0.325 e. The van der Waals surface area contributed by atoms with Crippen LogP contribution in [0, 0.1) is 5.82 Å². The standard InChI is InChI=1S/C12H16FN3O3S/c13-10-5-4-9(20(14,18)19)8-11(10)15-12(17)16-6-2-1-3-7-16/h4-5,8H,1-3,6-7H2,(H,15,17)(H2,14,18,19). The largest absolute Gasteiger partial charge is 0.325 e. The smallest absolute Gasteiger partial charge is 0.321 e. The molecule has 3 N–H and O–H groups in total. The first-order chi connectivity index (χ1) is 9.38. The van der Waals surface area contributed by atoms with Crippen LogP contribution in [0.4, 0.5) is 14.9 Å². The molecule has 1 saturated heterocycles. The van der Waals surface area contributed by atoms with Crippen molar-refractivity contribution in [2.45, 2.75) is 24.2 Å². The first kappa shape index (κ1) is 14.7. The molecule has 6 nitrogen and oxygen atoms in total. The number of benzene rings is 1. The molecule has 1 aliphatic heterocycles. The van der Waals surface area contributed by atoms with Gasteiger partial charge in [-0.25, -0.2) is 22.7 Å². The summed E-state index contributed by atoms with van der Waals surface area (Å²) in [5, 5.41) is 7.36. The molecule has 0 radical (unpaired) electrons. The Morgan fingerprint density at radius 2 is 1.90 bits per heavy atom. The Kier molecular flexibility index (Phi) is 4.24. The van der Waals surface area contributed by atoms with Crippen molar-refractivity contribution in [2.75, 3.05) is 18.4 Å². The molecule has 0 spiro atoms. The van der Waals surface area contributed by atoms with Gasteiger partial charge in [-0.3, -0.25) is 0 Å². The van der Waals surface area contributed by atoms with Crippen molar-refractivity contribution in [1.29, 1.82) is 0 Å². The van der Waals surface area contributed by atoms with E-state index >= 15 is 0 Å². The summed E-state index contributed by atoms with van der Waals surface area (Å²) in [6.45, 7) is 1.23. The number of amides is 2. The van der Waals surface area contributed by atoms with E-state index in [-0.39, 0.29) is 10.6 Å². The van der Waals surface area contributed by atoms with Crippen LogP contribution in [0.15, 0.2) is 23.1 Å². The van der Waals surface area contributed by atoms with Crippen molar-refractivity contribution in [2.24, 2.45) is 5.14 Å². The van der Waals surface area contributed by atoms with Crippen LogP contribution in [0.2, 0.25) is 0 Å². The van der Waals surface area contributed by atoms with E-state index in [1.807, 2.05) is 0 Å². The normalized spacial score (nSPS) is 16.0. The molecule has 1 aliphatic rings. The minimum absolute atomic E-state index is 0.188. The Balaban J connectivity index is 2.18. The first-order valence-electron chi connectivity index (χ1n) is 6.26. The molecule has 0 atom stereocenters. The molecule has 0 aromatic heterocycles. The number of carbonyl (C=O) groups is 1. The summed E-state index contributed by atoms with van der Waals surface area (Å²) in [5.41, 5.74) is -0.188. The summed E-state index contributed by atoms with van der Waals surface area (Å²) in [6.07, 6.45) is 2.89. The van der Waals surface area contributed by atoms with Crippen LogP contribution in [0.1, 0.15) is 19.3 Å². The second kappa shape index (κ2) is 5.76. The number of nitrogens with two attached hydrogens (primary N) is 1. The third-order valence-electron chi connectivity index (χ3n) is 3.15. The van der Waals surface area contributed by atoms with Gasteiger partial charge in [0, 0.05) is 13.1 Å². The summed E-state index contributed by atoms with van der Waals surface area (Å²) >= 11 is 0. The number of nitrogens with one attached hydrogen (secondary N) is 1. The van der Waals surface area contributed by atoms with Crippen LogP contribution in [0.25, 0.3) is 0 Å². The molecule has 110 valence electrons. The number of sulfonamides is 1. The number of piperidine rings is 1. The fraction of sp³-hybridized carbons (Fsp3) is 0.417. The highest BCUT2D eigenvalue weighted by Gasteiger charge is 2.19. The van der Waals surface area contributed by atoms with Crippen molar-refractivity contribution < 1.29 is 17.6 Å². The van der Waals surface area contributed by atoms with Crippen molar-refractivity contribution in [3.63, 3.8) is 0 Å². The summed E-state index contributed by atoms with van der Waals surface area (Å²) in [6, 6.07) is 2.61. The van der Waals surface area contributed by atoms with Crippen LogP contribution < -0.4 is 10.5 Å². The lowest BCUT2D eigenvalue weighted by atomic mass is 10.1. The molecule has 1 heterocycles. The van der Waals surface area contributed by atoms with E-state index in [4.69, 9.17) is 5.14 Å². The van der Waals surface area contributed by atoms with Gasteiger partial charge in [-0.15, -0.1) is 0 Å². The zero-order valence-electron chi connectivity index (χ0n) is 10.8. The highest BCUT2D eigenvalue weighted by molar-refractivity contribution is 7.89. The molecule has 1 aromatic rings. The topological polar surface area (TPSA) is 92.5 Å². The van der Waals surface area contributed by atoms with Crippen molar-refractivity contribution >= 4 is 21.7 Å². The van der Waals surface area contributed by atoms with Gasteiger partial charge >= 0.3 is 6.03 Å². The van der Waals surface area contributed by atoms with Gasteiger partial charge < -0.3 is 10.2 Å². The maximum Gasteiger partial charge on any atom is 0.321 e. The first-order valence-corrected chi connectivity index (χ1v) is 7.81. The van der Waals surface area contributed by atoms with Crippen molar-refractivity contribution in [1.82, 2.24) is 4.90 Å². The van der Waals surface area contributed by atoms with E-state index in [0.717, 1.165) is 37.5 Å². The van der Waals surface area contributed by atoms with Gasteiger partial charge in [-0.05, 0) is 37.5 Å². The molecule has 2 amide bonds. The van der Waals surface area contributed by atoms with E-state index in [0.29, 0.717) is 13.1 Å². The van der Waals surface area contributed by atoms with Gasteiger partial charge in [0.15, 0.2) is 0 Å². The van der Waals surface area contributed by atoms with Crippen molar-refractivity contribution in [3.8, 4) is 0 Å². The number of nitrogens with zero attached hydrogens (tertiary/aromatic N) is 1. The molecule has 20 heavy (non-hydrogen) atoms. The molecular formula is C12H16FN3O3S. The third kappa shape index (κ3) is 3.45. The molecule has 0 unspecified atom stereocenters. The average Bonchev–Trinajstić information content (AvgIpc) is 2.41. The monoisotopic (exact) mass is 301 g/mol. The molecule has 0 saturated carbocycles. The maximum absolute atomic E-state index is 13.6. The molecule has 8 heteroatoms. The summed E-state index contributed by atoms with van der Waals surface area (Å²) < 4.78 is 36.0. The van der Waals surface area contributed by atoms with Gasteiger partial charge in [0.2, 0.25) is 10.0 Å². The lowest BCUT2D eigenvalue weighted by molar-refractivity contribution is 0.200. The number of carbonyl (C=O) groups excluding carboxylic acids is 1. The Bertz CT molecular complexity index is 612. The lowest BCUT2D eigenvalue weighted by Gasteiger charge is -2.26. The molecule has 1 aromatic carbocycles. The quantitative estimate of drug-likeness (QED) is 0.866. The number of urea groups is 1. The molecule has 1 fully saturated rings. The molecule has 0 bridgehead atoms. The van der Waals surface area contributed by atoms with Crippen LogP contribution in [0.3, 0.4) is 0 Å². The van der Waals surface area contributed by atoms with Crippen molar-refractivity contribution in [3.05, 3.63) is 24.0 Å². The highest BCUT2D eigenvalue weighted by Crippen LogP contribution is 2.20. The number of halogens is 1. The Morgan fingerprint density at radius 3 is 2.50 bits per heavy atom. The van der Waals surface area contributed by atoms with E-state index in [2.05, 4.69) is 5.32 Å². The molecule has 2 rings (SSSR count). The van der Waals surface area contributed by atoms with Crippen LogP contribution in [0.5, 0.6) is 0 Å². The van der Waals surface area contributed by atoms with Crippen LogP contribution in [-0.2, 0) is 10.0 Å². The fourth-order valence-electron chi connectivity index (χ4n) is 2.07. The Morgan fingerprint density at radius 1 is 1.25 bits per heavy atom. The zero-order chi connectivity index (χ0) is 14.8. The summed E-state index contributed by atoms with van der Waals surface area (Å²) in [5.74, 6) is -0.706. The predicted molar refractivity (Wildman–Crippen MR) is 72.2 cm³/mol. The summed E-state index contributed by atoms with van der Waals surface area (Å²) in [4.78, 5) is 13.3. The number of hydrogen-bond acceptors (Lipinski definition) is 3. The zero-order valence-corrected chi connectivity index (χ0v) is 11.6. The number of rotatable bonds is 2. The second-order valence-electron chi connectivity index (χ2n) is 4.66. The SMILES string of the molecule is NS(=O)(=O)c1ccc(F)c(NC(=O)N2CCCCC2)c1. The fourth-order valence-corrected chi connectivity index (χ4v) is 2.61. The highest BCUT2D eigenvalue weighted by atomic mass is 32.2. The number of primary sulfonamides is 1. The van der Waals surface area contributed by atoms with Gasteiger partial charge in [-0.1, -0.05) is 0 Å². The van der Waals surface area contributed by atoms with Gasteiger partial charge in [0.1, 0.15) is 5.82 Å². The summed E-state index contributed by atoms with van der Waals surface area (Å²) in [7, 11) is -3.93.